The lowest BCUT2D eigenvalue weighted by Crippen LogP contribution is -2.31. The Morgan fingerprint density at radius 2 is 2.05 bits per heavy atom. The second-order valence-electron chi connectivity index (χ2n) is 5.09. The highest BCUT2D eigenvalue weighted by Crippen LogP contribution is 2.18. The van der Waals surface area contributed by atoms with E-state index in [1.54, 1.807) is 0 Å². The highest BCUT2D eigenvalue weighted by molar-refractivity contribution is 6.04. The van der Waals surface area contributed by atoms with Crippen molar-refractivity contribution in [1.29, 1.82) is 0 Å². The number of carbonyl (C=O) groups is 2. The summed E-state index contributed by atoms with van der Waals surface area (Å²) in [4.78, 5) is 29.3. The molecule has 1 atom stereocenters. The van der Waals surface area contributed by atoms with Crippen LogP contribution in [0.5, 0.6) is 0 Å². The minimum atomic E-state index is -0.450. The summed E-state index contributed by atoms with van der Waals surface area (Å²) in [5.41, 5.74) is 0.818. The zero-order valence-corrected chi connectivity index (χ0v) is 12.2. The molecular formula is C15H16N4O3. The molecule has 1 fully saturated rings. The van der Waals surface area contributed by atoms with Gasteiger partial charge in [-0.3, -0.25) is 9.69 Å². The van der Waals surface area contributed by atoms with E-state index < -0.39 is 12.1 Å². The van der Waals surface area contributed by atoms with Crippen LogP contribution in [0.15, 0.2) is 34.9 Å². The van der Waals surface area contributed by atoms with Crippen molar-refractivity contribution in [2.45, 2.75) is 32.4 Å². The predicted octanol–water partition coefficient (Wildman–Crippen LogP) is 1.96. The van der Waals surface area contributed by atoms with E-state index in [0.29, 0.717) is 12.2 Å². The zero-order chi connectivity index (χ0) is 15.5. The van der Waals surface area contributed by atoms with Gasteiger partial charge in [-0.25, -0.2) is 4.79 Å². The lowest BCUT2D eigenvalue weighted by atomic mass is 10.2. The normalized spacial score (nSPS) is 17.9. The molecule has 7 nitrogen and oxygen atoms in total. The van der Waals surface area contributed by atoms with E-state index in [-0.39, 0.29) is 18.3 Å². The molecule has 3 amide bonds. The van der Waals surface area contributed by atoms with Gasteiger partial charge in [-0.2, -0.15) is 4.98 Å². The van der Waals surface area contributed by atoms with E-state index in [1.165, 1.54) is 0 Å². The first kappa shape index (κ1) is 14.2. The van der Waals surface area contributed by atoms with Crippen LogP contribution in [0.3, 0.4) is 0 Å². The molecule has 22 heavy (non-hydrogen) atoms. The van der Waals surface area contributed by atoms with Crippen LogP contribution in [-0.4, -0.2) is 33.0 Å². The van der Waals surface area contributed by atoms with Gasteiger partial charge in [-0.15, -0.1) is 0 Å². The average molecular weight is 300 g/mol. The molecule has 0 saturated carbocycles. The first-order valence-corrected chi connectivity index (χ1v) is 7.19. The van der Waals surface area contributed by atoms with Crippen molar-refractivity contribution in [1.82, 2.24) is 20.4 Å². The Labute approximate surface area is 127 Å². The molecule has 2 heterocycles. The van der Waals surface area contributed by atoms with Gasteiger partial charge in [0.2, 0.25) is 11.7 Å². The molecule has 0 bridgehead atoms. The summed E-state index contributed by atoms with van der Waals surface area (Å²) in [5, 5.41) is 6.54. The van der Waals surface area contributed by atoms with E-state index in [1.807, 2.05) is 37.3 Å². The molecule has 1 N–H and O–H groups in total. The Hall–Kier alpha value is -2.70. The number of nitrogens with one attached hydrogen (secondary N) is 1. The minimum Gasteiger partial charge on any atom is -0.337 e. The van der Waals surface area contributed by atoms with Gasteiger partial charge < -0.3 is 9.84 Å². The molecule has 1 aromatic heterocycles. The number of rotatable bonds is 5. The maximum atomic E-state index is 12.1. The van der Waals surface area contributed by atoms with Crippen molar-refractivity contribution in [3.8, 4) is 11.4 Å². The number of urea groups is 1. The molecule has 1 saturated heterocycles. The number of hydrogen-bond acceptors (Lipinski definition) is 5. The van der Waals surface area contributed by atoms with Crippen LogP contribution in [0.2, 0.25) is 0 Å². The quantitative estimate of drug-likeness (QED) is 0.853. The van der Waals surface area contributed by atoms with E-state index in [2.05, 4.69) is 15.5 Å². The Bertz CT molecular complexity index is 683. The van der Waals surface area contributed by atoms with Gasteiger partial charge in [0, 0.05) is 5.56 Å². The maximum Gasteiger partial charge on any atom is 0.325 e. The van der Waals surface area contributed by atoms with Gasteiger partial charge in [0.1, 0.15) is 12.6 Å². The average Bonchev–Trinajstić information content (AvgIpc) is 3.10. The van der Waals surface area contributed by atoms with E-state index in [4.69, 9.17) is 4.52 Å². The van der Waals surface area contributed by atoms with Gasteiger partial charge in [-0.05, 0) is 6.42 Å². The van der Waals surface area contributed by atoms with Crippen molar-refractivity contribution in [2.24, 2.45) is 0 Å². The third-order valence-electron chi connectivity index (χ3n) is 3.48. The van der Waals surface area contributed by atoms with E-state index in [0.717, 1.165) is 16.9 Å². The summed E-state index contributed by atoms with van der Waals surface area (Å²) in [7, 11) is 0. The molecule has 2 aromatic rings. The standard InChI is InChI=1S/C15H16N4O3/c1-2-6-11-14(20)19(15(21)16-11)9-12-17-13(18-22-12)10-7-4-3-5-8-10/h3-5,7-8,11H,2,6,9H2,1H3,(H,16,21). The van der Waals surface area contributed by atoms with Crippen LogP contribution in [0.4, 0.5) is 4.79 Å². The molecule has 1 aromatic carbocycles. The fourth-order valence-corrected chi connectivity index (χ4v) is 2.37. The molecular weight excluding hydrogens is 284 g/mol. The van der Waals surface area contributed by atoms with E-state index >= 15 is 0 Å². The Balaban J connectivity index is 1.73. The smallest absolute Gasteiger partial charge is 0.325 e. The van der Waals surface area contributed by atoms with Crippen LogP contribution < -0.4 is 5.32 Å². The summed E-state index contributed by atoms with van der Waals surface area (Å²) >= 11 is 0. The number of nitrogens with zero attached hydrogens (tertiary/aromatic N) is 3. The molecule has 0 radical (unpaired) electrons. The van der Waals surface area contributed by atoms with Gasteiger partial charge in [0.05, 0.1) is 0 Å². The number of imide groups is 1. The SMILES string of the molecule is CCCC1NC(=O)N(Cc2nc(-c3ccccc3)no2)C1=O. The van der Waals surface area contributed by atoms with Gasteiger partial charge in [0.25, 0.3) is 5.91 Å². The first-order valence-electron chi connectivity index (χ1n) is 7.19. The monoisotopic (exact) mass is 300 g/mol. The van der Waals surface area contributed by atoms with Gasteiger partial charge in [0.15, 0.2) is 0 Å². The Kier molecular flexibility index (Phi) is 3.86. The van der Waals surface area contributed by atoms with Crippen molar-refractivity contribution in [3.05, 3.63) is 36.2 Å². The fourth-order valence-electron chi connectivity index (χ4n) is 2.37. The number of amides is 3. The number of aromatic nitrogens is 2. The third kappa shape index (κ3) is 2.69. The van der Waals surface area contributed by atoms with Crippen molar-refractivity contribution in [3.63, 3.8) is 0 Å². The molecule has 1 aliphatic rings. The van der Waals surface area contributed by atoms with E-state index in [9.17, 15) is 9.59 Å². The van der Waals surface area contributed by atoms with Gasteiger partial charge >= 0.3 is 6.03 Å². The van der Waals surface area contributed by atoms with Crippen molar-refractivity contribution in [2.75, 3.05) is 0 Å². The number of hydrogen-bond donors (Lipinski definition) is 1. The van der Waals surface area contributed by atoms with Crippen LogP contribution in [0.25, 0.3) is 11.4 Å². The summed E-state index contributed by atoms with van der Waals surface area (Å²) < 4.78 is 5.14. The molecule has 7 heteroatoms. The summed E-state index contributed by atoms with van der Waals surface area (Å²) in [6.07, 6.45) is 1.45. The third-order valence-corrected chi connectivity index (χ3v) is 3.48. The molecule has 1 unspecified atom stereocenters. The lowest BCUT2D eigenvalue weighted by Gasteiger charge is -2.09. The lowest BCUT2D eigenvalue weighted by molar-refractivity contribution is -0.128. The summed E-state index contributed by atoms with van der Waals surface area (Å²) in [6, 6.07) is 8.50. The second kappa shape index (κ2) is 5.97. The number of carbonyl (C=O) groups excluding carboxylic acids is 2. The highest BCUT2D eigenvalue weighted by atomic mass is 16.5. The number of benzene rings is 1. The highest BCUT2D eigenvalue weighted by Gasteiger charge is 2.38. The van der Waals surface area contributed by atoms with Gasteiger partial charge in [-0.1, -0.05) is 48.8 Å². The Morgan fingerprint density at radius 1 is 1.27 bits per heavy atom. The first-order chi connectivity index (χ1) is 10.7. The molecule has 0 aliphatic carbocycles. The predicted molar refractivity (Wildman–Crippen MR) is 77.5 cm³/mol. The van der Waals surface area contributed by atoms with Crippen LogP contribution in [-0.2, 0) is 11.3 Å². The summed E-state index contributed by atoms with van der Waals surface area (Å²) in [5.74, 6) is 0.429. The Morgan fingerprint density at radius 3 is 2.77 bits per heavy atom. The van der Waals surface area contributed by atoms with Crippen LogP contribution in [0.1, 0.15) is 25.7 Å². The maximum absolute atomic E-state index is 12.1. The zero-order valence-electron chi connectivity index (χ0n) is 12.2. The second-order valence-corrected chi connectivity index (χ2v) is 5.09. The largest absolute Gasteiger partial charge is 0.337 e. The minimum absolute atomic E-state index is 0.00921. The van der Waals surface area contributed by atoms with Crippen molar-refractivity contribution < 1.29 is 14.1 Å². The molecule has 3 rings (SSSR count). The van der Waals surface area contributed by atoms with Crippen LogP contribution >= 0.6 is 0 Å². The molecule has 1 aliphatic heterocycles. The molecule has 0 spiro atoms. The van der Waals surface area contributed by atoms with Crippen LogP contribution in [0, 0.1) is 0 Å². The topological polar surface area (TPSA) is 88.3 Å². The fraction of sp³-hybridized carbons (Fsp3) is 0.333. The molecule has 114 valence electrons. The van der Waals surface area contributed by atoms with Crippen molar-refractivity contribution >= 4 is 11.9 Å². The summed E-state index contributed by atoms with van der Waals surface area (Å²) in [6.45, 7) is 1.96.